The number of hydrogen-bond acceptors (Lipinski definition) is 4. The summed E-state index contributed by atoms with van der Waals surface area (Å²) >= 11 is 11.9. The van der Waals surface area contributed by atoms with Gasteiger partial charge in [0, 0.05) is 17.1 Å². The molecule has 7 heteroatoms. The second kappa shape index (κ2) is 6.85. The number of nitrogens with one attached hydrogen (secondary N) is 1. The Balaban J connectivity index is 1.95. The summed E-state index contributed by atoms with van der Waals surface area (Å²) in [4.78, 5) is 13.9. The Hall–Kier alpha value is -1.69. The van der Waals surface area contributed by atoms with Gasteiger partial charge in [-0.05, 0) is 25.2 Å². The highest BCUT2D eigenvalue weighted by molar-refractivity contribution is 6.37. The van der Waals surface area contributed by atoms with Crippen molar-refractivity contribution in [2.45, 2.75) is 6.54 Å². The monoisotopic (exact) mass is 327 g/mol. The maximum atomic E-state index is 12.0. The number of rotatable bonds is 5. The van der Waals surface area contributed by atoms with Crippen molar-refractivity contribution in [2.24, 2.45) is 0 Å². The summed E-state index contributed by atoms with van der Waals surface area (Å²) in [5.74, 6) is -0.211. The molecular weight excluding hydrogens is 313 g/mol. The quantitative estimate of drug-likeness (QED) is 0.827. The Labute approximate surface area is 132 Å². The molecule has 3 N–H and O–H groups in total. The van der Waals surface area contributed by atoms with Gasteiger partial charge < -0.3 is 15.5 Å². The fourth-order valence-corrected chi connectivity index (χ4v) is 2.46. The largest absolute Gasteiger partial charge is 0.472 e. The number of benzene rings is 1. The van der Waals surface area contributed by atoms with E-state index >= 15 is 0 Å². The average Bonchev–Trinajstić information content (AvgIpc) is 2.86. The van der Waals surface area contributed by atoms with Gasteiger partial charge in [0.05, 0.1) is 35.5 Å². The summed E-state index contributed by atoms with van der Waals surface area (Å²) < 4.78 is 4.98. The molecule has 0 radical (unpaired) electrons. The van der Waals surface area contributed by atoms with E-state index in [-0.39, 0.29) is 12.5 Å². The summed E-state index contributed by atoms with van der Waals surface area (Å²) in [6, 6.07) is 4.92. The molecule has 2 aromatic rings. The molecule has 0 saturated carbocycles. The molecule has 0 aliphatic carbocycles. The number of carbonyl (C=O) groups excluding carboxylic acids is 1. The lowest BCUT2D eigenvalue weighted by Crippen LogP contribution is -2.30. The Morgan fingerprint density at radius 3 is 2.81 bits per heavy atom. The molecule has 0 bridgehead atoms. The molecule has 1 aromatic heterocycles. The second-order valence-electron chi connectivity index (χ2n) is 4.70. The Morgan fingerprint density at radius 2 is 2.19 bits per heavy atom. The molecule has 0 spiro atoms. The van der Waals surface area contributed by atoms with Gasteiger partial charge in [0.25, 0.3) is 0 Å². The van der Waals surface area contributed by atoms with Crippen molar-refractivity contribution in [1.82, 2.24) is 4.90 Å². The molecule has 5 nitrogen and oxygen atoms in total. The van der Waals surface area contributed by atoms with E-state index in [0.717, 1.165) is 5.56 Å². The van der Waals surface area contributed by atoms with Crippen LogP contribution in [0.5, 0.6) is 0 Å². The van der Waals surface area contributed by atoms with Crippen LogP contribution in [0.15, 0.2) is 35.1 Å². The normalized spacial score (nSPS) is 10.9. The van der Waals surface area contributed by atoms with E-state index in [4.69, 9.17) is 33.4 Å². The number of nitrogens with two attached hydrogens (primary N) is 1. The predicted octanol–water partition coefficient (Wildman–Crippen LogP) is 3.24. The lowest BCUT2D eigenvalue weighted by Gasteiger charge is -2.16. The van der Waals surface area contributed by atoms with Crippen molar-refractivity contribution < 1.29 is 9.21 Å². The van der Waals surface area contributed by atoms with Crippen molar-refractivity contribution in [3.8, 4) is 0 Å². The van der Waals surface area contributed by atoms with Crippen LogP contribution in [0.3, 0.4) is 0 Å². The van der Waals surface area contributed by atoms with E-state index in [2.05, 4.69) is 5.32 Å². The van der Waals surface area contributed by atoms with Crippen LogP contribution in [0.25, 0.3) is 0 Å². The van der Waals surface area contributed by atoms with E-state index in [9.17, 15) is 4.79 Å². The highest BCUT2D eigenvalue weighted by Crippen LogP contribution is 2.31. The molecule has 1 amide bonds. The van der Waals surface area contributed by atoms with Gasteiger partial charge in [-0.2, -0.15) is 0 Å². The number of nitrogens with zero attached hydrogens (tertiary/aromatic N) is 1. The molecule has 112 valence electrons. The van der Waals surface area contributed by atoms with Gasteiger partial charge in [-0.25, -0.2) is 0 Å². The predicted molar refractivity (Wildman–Crippen MR) is 84.5 cm³/mol. The van der Waals surface area contributed by atoms with E-state index in [1.807, 2.05) is 18.0 Å². The first-order valence-corrected chi connectivity index (χ1v) is 6.95. The molecule has 0 fully saturated rings. The van der Waals surface area contributed by atoms with Gasteiger partial charge in [-0.1, -0.05) is 23.2 Å². The maximum Gasteiger partial charge on any atom is 0.238 e. The van der Waals surface area contributed by atoms with Gasteiger partial charge in [0.15, 0.2) is 0 Å². The highest BCUT2D eigenvalue weighted by Gasteiger charge is 2.12. The van der Waals surface area contributed by atoms with E-state index in [0.29, 0.717) is 28.0 Å². The number of halogens is 2. The topological polar surface area (TPSA) is 71.5 Å². The van der Waals surface area contributed by atoms with Crippen LogP contribution >= 0.6 is 23.2 Å². The SMILES string of the molecule is CN(CC(=O)Nc1c(N)cc(Cl)cc1Cl)Cc1ccoc1. The number of nitrogen functional groups attached to an aromatic ring is 1. The van der Waals surface area contributed by atoms with Gasteiger partial charge in [-0.3, -0.25) is 9.69 Å². The number of furan rings is 1. The summed E-state index contributed by atoms with van der Waals surface area (Å²) in [7, 11) is 1.83. The lowest BCUT2D eigenvalue weighted by molar-refractivity contribution is -0.117. The molecule has 21 heavy (non-hydrogen) atoms. The van der Waals surface area contributed by atoms with E-state index in [1.165, 1.54) is 12.1 Å². The minimum atomic E-state index is -0.211. The molecule has 0 aliphatic heterocycles. The molecule has 0 aliphatic rings. The van der Waals surface area contributed by atoms with Crippen molar-refractivity contribution in [3.05, 3.63) is 46.3 Å². The van der Waals surface area contributed by atoms with Crippen LogP contribution in [0.4, 0.5) is 11.4 Å². The first-order chi connectivity index (χ1) is 9.95. The molecule has 1 heterocycles. The number of hydrogen-bond donors (Lipinski definition) is 2. The minimum Gasteiger partial charge on any atom is -0.472 e. The smallest absolute Gasteiger partial charge is 0.238 e. The maximum absolute atomic E-state index is 12.0. The third-order valence-corrected chi connectivity index (χ3v) is 3.31. The molecule has 0 unspecified atom stereocenters. The van der Waals surface area contributed by atoms with Gasteiger partial charge in [0.2, 0.25) is 5.91 Å². The molecular formula is C14H15Cl2N3O2. The Kier molecular flexibility index (Phi) is 5.12. The highest BCUT2D eigenvalue weighted by atomic mass is 35.5. The standard InChI is InChI=1S/C14H15Cl2N3O2/c1-19(6-9-2-3-21-8-9)7-13(20)18-14-11(16)4-10(15)5-12(14)17/h2-5,8H,6-7,17H2,1H3,(H,18,20). The molecule has 2 rings (SSSR count). The zero-order valence-electron chi connectivity index (χ0n) is 11.4. The van der Waals surface area contributed by atoms with Crippen LogP contribution in [0, 0.1) is 0 Å². The summed E-state index contributed by atoms with van der Waals surface area (Å²) in [6.45, 7) is 0.803. The molecule has 0 atom stereocenters. The van der Waals surface area contributed by atoms with Gasteiger partial charge in [0.1, 0.15) is 0 Å². The minimum absolute atomic E-state index is 0.198. The zero-order chi connectivity index (χ0) is 15.4. The van der Waals surface area contributed by atoms with E-state index in [1.54, 1.807) is 12.5 Å². The Morgan fingerprint density at radius 1 is 1.43 bits per heavy atom. The van der Waals surface area contributed by atoms with Crippen LogP contribution in [-0.4, -0.2) is 24.4 Å². The van der Waals surface area contributed by atoms with Crippen molar-refractivity contribution in [3.63, 3.8) is 0 Å². The number of likely N-dealkylation sites (N-methyl/N-ethyl adjacent to an activating group) is 1. The number of amides is 1. The first-order valence-electron chi connectivity index (χ1n) is 6.19. The third kappa shape index (κ3) is 4.39. The molecule has 0 saturated heterocycles. The zero-order valence-corrected chi connectivity index (χ0v) is 12.9. The van der Waals surface area contributed by atoms with E-state index < -0.39 is 0 Å². The van der Waals surface area contributed by atoms with Crippen molar-refractivity contribution in [1.29, 1.82) is 0 Å². The van der Waals surface area contributed by atoms with Crippen LogP contribution in [0.1, 0.15) is 5.56 Å². The van der Waals surface area contributed by atoms with Crippen molar-refractivity contribution >= 4 is 40.5 Å². The molecule has 1 aromatic carbocycles. The average molecular weight is 328 g/mol. The summed E-state index contributed by atoms with van der Waals surface area (Å²) in [5, 5.41) is 3.43. The first kappa shape index (κ1) is 15.7. The lowest BCUT2D eigenvalue weighted by atomic mass is 10.2. The van der Waals surface area contributed by atoms with Gasteiger partial charge >= 0.3 is 0 Å². The van der Waals surface area contributed by atoms with Crippen LogP contribution in [-0.2, 0) is 11.3 Å². The number of anilines is 2. The van der Waals surface area contributed by atoms with Crippen molar-refractivity contribution in [2.75, 3.05) is 24.6 Å². The van der Waals surface area contributed by atoms with Gasteiger partial charge in [-0.15, -0.1) is 0 Å². The van der Waals surface area contributed by atoms with Crippen LogP contribution < -0.4 is 11.1 Å². The fourth-order valence-electron chi connectivity index (χ4n) is 1.90. The summed E-state index contributed by atoms with van der Waals surface area (Å²) in [6.07, 6.45) is 3.24. The third-order valence-electron chi connectivity index (χ3n) is 2.80. The Bertz CT molecular complexity index is 606. The number of carbonyl (C=O) groups is 1. The van der Waals surface area contributed by atoms with Crippen LogP contribution in [0.2, 0.25) is 10.0 Å². The second-order valence-corrected chi connectivity index (χ2v) is 5.55. The fraction of sp³-hybridized carbons (Fsp3) is 0.214. The summed E-state index contributed by atoms with van der Waals surface area (Å²) in [5.41, 5.74) is 7.51.